The van der Waals surface area contributed by atoms with Crippen molar-refractivity contribution in [3.63, 3.8) is 0 Å². The standard InChI is InChI=1S/C25H26O12/c1-32-11-2-4-13-15-9-33-16-7-12(3-5-14(16)24(15)36-17(13)6-11)35-25-23(31)22(30)21(29)18(37-25)10-34-20(28)8-19(26)27/h2-7,15,18,21-25,29-31H,8-10H2,1H3,(H,26,27)/t15-,18+,21+,22-,23+,24-,25+/m0/s1. The van der Waals surface area contributed by atoms with Crippen LogP contribution in [-0.2, 0) is 19.1 Å². The third-order valence-electron chi connectivity index (χ3n) is 6.57. The number of fused-ring (bicyclic) bond motifs is 5. The summed E-state index contributed by atoms with van der Waals surface area (Å²) in [5.41, 5.74) is 1.83. The van der Waals surface area contributed by atoms with Gasteiger partial charge in [0.2, 0.25) is 6.29 Å². The third kappa shape index (κ3) is 4.88. The number of esters is 1. The van der Waals surface area contributed by atoms with Gasteiger partial charge >= 0.3 is 11.9 Å². The summed E-state index contributed by atoms with van der Waals surface area (Å²) in [4.78, 5) is 22.2. The quantitative estimate of drug-likeness (QED) is 0.296. The first-order valence-corrected chi connectivity index (χ1v) is 11.6. The monoisotopic (exact) mass is 518 g/mol. The van der Waals surface area contributed by atoms with Gasteiger partial charge in [-0.05, 0) is 18.2 Å². The lowest BCUT2D eigenvalue weighted by atomic mass is 9.89. The van der Waals surface area contributed by atoms with E-state index < -0.39 is 55.7 Å². The first kappa shape index (κ1) is 25.1. The number of carboxylic acid groups (broad SMARTS) is 1. The molecule has 0 spiro atoms. The fraction of sp³-hybridized carbons (Fsp3) is 0.440. The van der Waals surface area contributed by atoms with Crippen molar-refractivity contribution < 1.29 is 58.4 Å². The summed E-state index contributed by atoms with van der Waals surface area (Å²) in [6.07, 6.45) is -8.71. The zero-order valence-electron chi connectivity index (χ0n) is 19.7. The highest BCUT2D eigenvalue weighted by atomic mass is 16.7. The van der Waals surface area contributed by atoms with Crippen molar-refractivity contribution in [2.45, 2.75) is 49.1 Å². The molecule has 3 heterocycles. The highest BCUT2D eigenvalue weighted by Crippen LogP contribution is 2.52. The van der Waals surface area contributed by atoms with Gasteiger partial charge in [-0.2, -0.15) is 0 Å². The summed E-state index contributed by atoms with van der Waals surface area (Å²) in [7, 11) is 1.59. The van der Waals surface area contributed by atoms with Gasteiger partial charge in [-0.1, -0.05) is 6.07 Å². The van der Waals surface area contributed by atoms with Gasteiger partial charge in [0.15, 0.2) is 0 Å². The molecule has 1 saturated heterocycles. The van der Waals surface area contributed by atoms with Crippen LogP contribution in [-0.4, -0.2) is 83.4 Å². The maximum atomic E-state index is 11.5. The van der Waals surface area contributed by atoms with Crippen LogP contribution in [0.2, 0.25) is 0 Å². The van der Waals surface area contributed by atoms with Crippen LogP contribution in [0.25, 0.3) is 0 Å². The molecule has 2 aromatic carbocycles. The first-order chi connectivity index (χ1) is 17.7. The van der Waals surface area contributed by atoms with Crippen LogP contribution in [0.1, 0.15) is 29.6 Å². The number of methoxy groups -OCH3 is 1. The molecule has 5 rings (SSSR count). The molecular formula is C25H26O12. The number of benzene rings is 2. The molecule has 3 aliphatic heterocycles. The van der Waals surface area contributed by atoms with Crippen molar-refractivity contribution >= 4 is 11.9 Å². The Bertz CT molecular complexity index is 1180. The van der Waals surface area contributed by atoms with Crippen molar-refractivity contribution in [3.8, 4) is 23.0 Å². The molecule has 4 N–H and O–H groups in total. The normalized spacial score (nSPS) is 29.6. The molecule has 198 valence electrons. The molecule has 3 aliphatic rings. The molecule has 7 atom stereocenters. The number of aliphatic hydroxyl groups is 3. The van der Waals surface area contributed by atoms with E-state index in [2.05, 4.69) is 0 Å². The van der Waals surface area contributed by atoms with Crippen molar-refractivity contribution in [3.05, 3.63) is 47.5 Å². The number of ether oxygens (including phenoxy) is 6. The molecular weight excluding hydrogens is 492 g/mol. The van der Waals surface area contributed by atoms with E-state index in [1.807, 2.05) is 18.2 Å². The average molecular weight is 518 g/mol. The van der Waals surface area contributed by atoms with Crippen molar-refractivity contribution in [1.82, 2.24) is 0 Å². The molecule has 12 nitrogen and oxygen atoms in total. The smallest absolute Gasteiger partial charge is 0.317 e. The Morgan fingerprint density at radius 2 is 1.70 bits per heavy atom. The van der Waals surface area contributed by atoms with E-state index in [9.17, 15) is 24.9 Å². The van der Waals surface area contributed by atoms with Gasteiger partial charge in [0.1, 0.15) is 66.5 Å². The van der Waals surface area contributed by atoms with Gasteiger partial charge in [0.25, 0.3) is 0 Å². The lowest BCUT2D eigenvalue weighted by Gasteiger charge is -2.40. The summed E-state index contributed by atoms with van der Waals surface area (Å²) in [5, 5.41) is 39.5. The zero-order valence-corrected chi connectivity index (χ0v) is 19.7. The van der Waals surface area contributed by atoms with Gasteiger partial charge in [-0.25, -0.2) is 0 Å². The van der Waals surface area contributed by atoms with E-state index >= 15 is 0 Å². The topological polar surface area (TPSA) is 170 Å². The number of aliphatic hydroxyl groups excluding tert-OH is 3. The number of carbonyl (C=O) groups excluding carboxylic acids is 1. The molecule has 12 heteroatoms. The highest BCUT2D eigenvalue weighted by molar-refractivity contribution is 5.90. The second-order valence-electron chi connectivity index (χ2n) is 8.95. The van der Waals surface area contributed by atoms with E-state index in [-0.39, 0.29) is 17.8 Å². The van der Waals surface area contributed by atoms with Crippen LogP contribution in [0.15, 0.2) is 36.4 Å². The Kier molecular flexibility index (Phi) is 6.82. The molecule has 0 amide bonds. The summed E-state index contributed by atoms with van der Waals surface area (Å²) in [6.45, 7) is -0.173. The summed E-state index contributed by atoms with van der Waals surface area (Å²) in [6, 6.07) is 10.7. The predicted molar refractivity (Wildman–Crippen MR) is 122 cm³/mol. The highest BCUT2D eigenvalue weighted by Gasteiger charge is 2.46. The molecule has 0 aromatic heterocycles. The van der Waals surface area contributed by atoms with E-state index in [1.165, 1.54) is 0 Å². The Morgan fingerprint density at radius 3 is 2.46 bits per heavy atom. The molecule has 37 heavy (non-hydrogen) atoms. The van der Waals surface area contributed by atoms with Crippen molar-refractivity contribution in [2.24, 2.45) is 0 Å². The summed E-state index contributed by atoms with van der Waals surface area (Å²) < 4.78 is 33.5. The molecule has 0 aliphatic carbocycles. The van der Waals surface area contributed by atoms with Crippen molar-refractivity contribution in [2.75, 3.05) is 20.3 Å². The molecule has 0 unspecified atom stereocenters. The predicted octanol–water partition coefficient (Wildman–Crippen LogP) is 0.509. The first-order valence-electron chi connectivity index (χ1n) is 11.6. The van der Waals surface area contributed by atoms with Gasteiger partial charge in [0.05, 0.1) is 19.6 Å². The van der Waals surface area contributed by atoms with Gasteiger partial charge in [-0.15, -0.1) is 0 Å². The molecule has 0 bridgehead atoms. The van der Waals surface area contributed by atoms with E-state index in [4.69, 9.17) is 33.5 Å². The zero-order chi connectivity index (χ0) is 26.3. The van der Waals surface area contributed by atoms with Crippen molar-refractivity contribution in [1.29, 1.82) is 0 Å². The van der Waals surface area contributed by atoms with Crippen LogP contribution in [0.4, 0.5) is 0 Å². The molecule has 0 radical (unpaired) electrons. The number of hydrogen-bond acceptors (Lipinski definition) is 11. The van der Waals surface area contributed by atoms with Crippen LogP contribution < -0.4 is 18.9 Å². The second-order valence-corrected chi connectivity index (χ2v) is 8.95. The molecule has 1 fully saturated rings. The largest absolute Gasteiger partial charge is 0.497 e. The lowest BCUT2D eigenvalue weighted by molar-refractivity contribution is -0.278. The maximum Gasteiger partial charge on any atom is 0.317 e. The van der Waals surface area contributed by atoms with Crippen LogP contribution in [0, 0.1) is 0 Å². The number of hydrogen-bond donors (Lipinski definition) is 4. The fourth-order valence-corrected chi connectivity index (χ4v) is 4.65. The summed E-state index contributed by atoms with van der Waals surface area (Å²) in [5.74, 6) is -0.222. The van der Waals surface area contributed by atoms with E-state index in [0.29, 0.717) is 18.1 Å². The maximum absolute atomic E-state index is 11.5. The minimum atomic E-state index is -1.67. The Morgan fingerprint density at radius 1 is 0.973 bits per heavy atom. The van der Waals surface area contributed by atoms with E-state index in [1.54, 1.807) is 25.3 Å². The van der Waals surface area contributed by atoms with Gasteiger partial charge in [-0.3, -0.25) is 9.59 Å². The van der Waals surface area contributed by atoms with Crippen LogP contribution in [0.3, 0.4) is 0 Å². The lowest BCUT2D eigenvalue weighted by Crippen LogP contribution is -2.60. The molecule has 0 saturated carbocycles. The third-order valence-corrected chi connectivity index (χ3v) is 6.57. The number of aliphatic carboxylic acids is 1. The van der Waals surface area contributed by atoms with Crippen LogP contribution in [0.5, 0.6) is 23.0 Å². The minimum absolute atomic E-state index is 0.00454. The fourth-order valence-electron chi connectivity index (χ4n) is 4.65. The van der Waals surface area contributed by atoms with Gasteiger partial charge in [0, 0.05) is 23.3 Å². The number of carbonyl (C=O) groups is 2. The minimum Gasteiger partial charge on any atom is -0.497 e. The second kappa shape index (κ2) is 10.1. The summed E-state index contributed by atoms with van der Waals surface area (Å²) >= 11 is 0. The van der Waals surface area contributed by atoms with Gasteiger partial charge < -0.3 is 48.8 Å². The van der Waals surface area contributed by atoms with Crippen LogP contribution >= 0.6 is 0 Å². The molecule has 2 aromatic rings. The SMILES string of the molecule is COc1ccc2c(c1)O[C@H]1c3ccc(O[C@@H]4O[C@H](COC(=O)CC(=O)O)[C@@H](O)[C@H](O)[C@H]4O)cc3OC[C@@H]21. The number of carboxylic acids is 1. The Balaban J connectivity index is 1.28. The van der Waals surface area contributed by atoms with E-state index in [0.717, 1.165) is 16.9 Å². The average Bonchev–Trinajstić information content (AvgIpc) is 3.25. The Hall–Kier alpha value is -3.58. The Labute approximate surface area is 210 Å². The number of rotatable bonds is 7.